The third-order valence-electron chi connectivity index (χ3n) is 4.86. The van der Waals surface area contributed by atoms with Crippen molar-refractivity contribution in [2.45, 2.75) is 32.2 Å². The predicted octanol–water partition coefficient (Wildman–Crippen LogP) is 1.31. The van der Waals surface area contributed by atoms with Crippen LogP contribution in [-0.2, 0) is 6.54 Å². The molecule has 0 saturated carbocycles. The molecule has 1 atom stereocenters. The van der Waals surface area contributed by atoms with Gasteiger partial charge in [0, 0.05) is 38.4 Å². The van der Waals surface area contributed by atoms with Gasteiger partial charge in [0.15, 0.2) is 0 Å². The first kappa shape index (κ1) is 13.8. The van der Waals surface area contributed by atoms with Crippen LogP contribution in [-0.4, -0.2) is 42.2 Å². The van der Waals surface area contributed by atoms with E-state index in [1.807, 2.05) is 22.9 Å². The van der Waals surface area contributed by atoms with Crippen molar-refractivity contribution in [1.82, 2.24) is 14.8 Å². The molecule has 110 valence electrons. The largest absolute Gasteiger partial charge is 0.316 e. The lowest BCUT2D eigenvalue weighted by Gasteiger charge is -2.45. The van der Waals surface area contributed by atoms with Crippen LogP contribution in [0.1, 0.15) is 25.7 Å². The maximum atomic E-state index is 11.7. The quantitative estimate of drug-likeness (QED) is 0.904. The first-order chi connectivity index (χ1) is 9.77. The number of nitrogens with zero attached hydrogens (tertiary/aromatic N) is 2. The van der Waals surface area contributed by atoms with Crippen LogP contribution >= 0.6 is 0 Å². The summed E-state index contributed by atoms with van der Waals surface area (Å²) < 4.78 is 1.82. The van der Waals surface area contributed by atoms with Gasteiger partial charge in [0.25, 0.3) is 5.56 Å². The first-order valence-corrected chi connectivity index (χ1v) is 7.86. The highest BCUT2D eigenvalue weighted by molar-refractivity contribution is 4.94. The van der Waals surface area contributed by atoms with Crippen molar-refractivity contribution in [3.8, 4) is 0 Å². The van der Waals surface area contributed by atoms with Crippen molar-refractivity contribution in [2.75, 3.05) is 32.7 Å². The van der Waals surface area contributed by atoms with Gasteiger partial charge in [0.2, 0.25) is 0 Å². The fourth-order valence-electron chi connectivity index (χ4n) is 3.77. The van der Waals surface area contributed by atoms with E-state index in [1.165, 1.54) is 51.9 Å². The summed E-state index contributed by atoms with van der Waals surface area (Å²) in [5.41, 5.74) is 0.608. The van der Waals surface area contributed by atoms with Crippen LogP contribution in [0.25, 0.3) is 0 Å². The van der Waals surface area contributed by atoms with Gasteiger partial charge in [-0.25, -0.2) is 0 Å². The Morgan fingerprint density at radius 1 is 1.20 bits per heavy atom. The summed E-state index contributed by atoms with van der Waals surface area (Å²) in [4.78, 5) is 14.3. The van der Waals surface area contributed by atoms with Crippen LogP contribution in [0.15, 0.2) is 29.2 Å². The van der Waals surface area contributed by atoms with E-state index >= 15 is 0 Å². The average Bonchev–Trinajstić information content (AvgIpc) is 2.47. The maximum absolute atomic E-state index is 11.7. The molecule has 0 aliphatic carbocycles. The van der Waals surface area contributed by atoms with Gasteiger partial charge in [0.05, 0.1) is 0 Å². The molecule has 1 aromatic rings. The Kier molecular flexibility index (Phi) is 4.22. The highest BCUT2D eigenvalue weighted by Gasteiger charge is 2.36. The van der Waals surface area contributed by atoms with Gasteiger partial charge in [-0.15, -0.1) is 0 Å². The van der Waals surface area contributed by atoms with Crippen molar-refractivity contribution < 1.29 is 0 Å². The normalized spacial score (nSPS) is 27.8. The minimum atomic E-state index is 0.110. The fraction of sp³-hybridized carbons (Fsp3) is 0.688. The number of aromatic nitrogens is 1. The zero-order valence-corrected chi connectivity index (χ0v) is 12.2. The minimum Gasteiger partial charge on any atom is -0.316 e. The lowest BCUT2D eigenvalue weighted by Crippen LogP contribution is -2.51. The third kappa shape index (κ3) is 3.13. The van der Waals surface area contributed by atoms with Gasteiger partial charge >= 0.3 is 0 Å². The van der Waals surface area contributed by atoms with Gasteiger partial charge in [-0.2, -0.15) is 0 Å². The van der Waals surface area contributed by atoms with Crippen molar-refractivity contribution in [2.24, 2.45) is 5.41 Å². The summed E-state index contributed by atoms with van der Waals surface area (Å²) in [5, 5.41) is 3.57. The van der Waals surface area contributed by atoms with Gasteiger partial charge in [-0.3, -0.25) is 4.79 Å². The second kappa shape index (κ2) is 6.10. The van der Waals surface area contributed by atoms with E-state index in [4.69, 9.17) is 0 Å². The van der Waals surface area contributed by atoms with Crippen molar-refractivity contribution in [3.05, 3.63) is 34.7 Å². The smallest absolute Gasteiger partial charge is 0.250 e. The molecule has 3 heterocycles. The van der Waals surface area contributed by atoms with E-state index < -0.39 is 0 Å². The number of pyridine rings is 1. The lowest BCUT2D eigenvalue weighted by molar-refractivity contribution is 0.0624. The van der Waals surface area contributed by atoms with Crippen molar-refractivity contribution in [3.63, 3.8) is 0 Å². The molecular formula is C16H25N3O. The Morgan fingerprint density at radius 3 is 2.90 bits per heavy atom. The van der Waals surface area contributed by atoms with Gasteiger partial charge < -0.3 is 14.8 Å². The monoisotopic (exact) mass is 275 g/mol. The predicted molar refractivity (Wildman–Crippen MR) is 80.9 cm³/mol. The number of nitrogens with one attached hydrogen (secondary N) is 1. The zero-order chi connectivity index (χ0) is 13.8. The van der Waals surface area contributed by atoms with Gasteiger partial charge in [-0.1, -0.05) is 6.07 Å². The van der Waals surface area contributed by atoms with Gasteiger partial charge in [-0.05, 0) is 50.3 Å². The molecule has 0 amide bonds. The molecular weight excluding hydrogens is 250 g/mol. The lowest BCUT2D eigenvalue weighted by atomic mass is 9.74. The maximum Gasteiger partial charge on any atom is 0.250 e. The van der Waals surface area contributed by atoms with E-state index in [9.17, 15) is 4.79 Å². The van der Waals surface area contributed by atoms with E-state index in [1.54, 1.807) is 6.07 Å². The Morgan fingerprint density at radius 2 is 2.10 bits per heavy atom. The first-order valence-electron chi connectivity index (χ1n) is 7.86. The third-order valence-corrected chi connectivity index (χ3v) is 4.86. The average molecular weight is 275 g/mol. The SMILES string of the molecule is O=c1ccccn1CCN1CCCC2(CCCNC2)C1. The molecule has 2 aliphatic heterocycles. The Balaban J connectivity index is 1.58. The molecule has 4 heteroatoms. The molecule has 2 saturated heterocycles. The molecule has 0 bridgehead atoms. The Labute approximate surface area is 120 Å². The molecule has 2 fully saturated rings. The van der Waals surface area contributed by atoms with Crippen LogP contribution in [0, 0.1) is 5.41 Å². The highest BCUT2D eigenvalue weighted by atomic mass is 16.1. The van der Waals surface area contributed by atoms with E-state index in [-0.39, 0.29) is 5.56 Å². The molecule has 1 spiro atoms. The van der Waals surface area contributed by atoms with E-state index in [0.29, 0.717) is 5.41 Å². The number of piperidine rings is 2. The summed E-state index contributed by atoms with van der Waals surface area (Å²) in [6, 6.07) is 5.38. The van der Waals surface area contributed by atoms with Crippen LogP contribution < -0.4 is 10.9 Å². The minimum absolute atomic E-state index is 0.110. The van der Waals surface area contributed by atoms with Gasteiger partial charge in [0.1, 0.15) is 0 Å². The number of hydrogen-bond acceptors (Lipinski definition) is 3. The fourth-order valence-corrected chi connectivity index (χ4v) is 3.77. The molecule has 1 unspecified atom stereocenters. The van der Waals surface area contributed by atoms with E-state index in [2.05, 4.69) is 10.2 Å². The number of hydrogen-bond donors (Lipinski definition) is 1. The summed E-state index contributed by atoms with van der Waals surface area (Å²) >= 11 is 0. The van der Waals surface area contributed by atoms with E-state index in [0.717, 1.165) is 13.1 Å². The number of likely N-dealkylation sites (tertiary alicyclic amines) is 1. The van der Waals surface area contributed by atoms with Crippen molar-refractivity contribution >= 4 is 0 Å². The topological polar surface area (TPSA) is 37.3 Å². The zero-order valence-electron chi connectivity index (χ0n) is 12.2. The second-order valence-corrected chi connectivity index (χ2v) is 6.39. The molecule has 3 rings (SSSR count). The molecule has 1 N–H and O–H groups in total. The Hall–Kier alpha value is -1.13. The molecule has 4 nitrogen and oxygen atoms in total. The number of rotatable bonds is 3. The summed E-state index contributed by atoms with van der Waals surface area (Å²) in [6.45, 7) is 6.54. The van der Waals surface area contributed by atoms with Crippen molar-refractivity contribution in [1.29, 1.82) is 0 Å². The molecule has 0 aromatic carbocycles. The highest BCUT2D eigenvalue weighted by Crippen LogP contribution is 2.35. The summed E-state index contributed by atoms with van der Waals surface area (Å²) in [7, 11) is 0. The van der Waals surface area contributed by atoms with Crippen LogP contribution in [0.4, 0.5) is 0 Å². The standard InChI is InChI=1S/C16H25N3O/c20-15-5-1-2-10-19(15)12-11-18-9-4-7-16(14-18)6-3-8-17-13-16/h1-2,5,10,17H,3-4,6-9,11-14H2. The molecule has 1 aromatic heterocycles. The van der Waals surface area contributed by atoms with Crippen LogP contribution in [0.2, 0.25) is 0 Å². The molecule has 20 heavy (non-hydrogen) atoms. The Bertz CT molecular complexity index is 485. The molecule has 0 radical (unpaired) electrons. The van der Waals surface area contributed by atoms with Crippen LogP contribution in [0.3, 0.4) is 0 Å². The summed E-state index contributed by atoms with van der Waals surface area (Å²) in [6.07, 6.45) is 7.23. The molecule has 2 aliphatic rings. The summed E-state index contributed by atoms with van der Waals surface area (Å²) in [5.74, 6) is 0. The second-order valence-electron chi connectivity index (χ2n) is 6.39. The van der Waals surface area contributed by atoms with Crippen LogP contribution in [0.5, 0.6) is 0 Å².